The quantitative estimate of drug-likeness (QED) is 0.594. The van der Waals surface area contributed by atoms with Crippen molar-refractivity contribution < 1.29 is 24.5 Å². The lowest BCUT2D eigenvalue weighted by Gasteiger charge is -2.43. The summed E-state index contributed by atoms with van der Waals surface area (Å²) in [5, 5.41) is 22.0. The maximum Gasteiger partial charge on any atom is 0.221 e. The predicted octanol–water partition coefficient (Wildman–Crippen LogP) is 3.39. The number of likely N-dealkylation sites (tertiary alicyclic amines) is 1. The normalized spacial score (nSPS) is 28.1. The highest BCUT2D eigenvalue weighted by Gasteiger charge is 2.40. The van der Waals surface area contributed by atoms with Crippen molar-refractivity contribution in [1.29, 1.82) is 0 Å². The number of benzene rings is 2. The van der Waals surface area contributed by atoms with Gasteiger partial charge < -0.3 is 25.0 Å². The number of hydrogen-bond acceptors (Lipinski definition) is 6. The molecule has 5 atom stereocenters. The van der Waals surface area contributed by atoms with Crippen LogP contribution in [-0.4, -0.2) is 52.9 Å². The second-order valence-corrected chi connectivity index (χ2v) is 9.10. The van der Waals surface area contributed by atoms with Crippen LogP contribution in [0, 0.1) is 5.92 Å². The molecule has 33 heavy (non-hydrogen) atoms. The molecule has 7 heteroatoms. The van der Waals surface area contributed by atoms with Crippen LogP contribution in [0.25, 0.3) is 0 Å². The first-order chi connectivity index (χ1) is 16.0. The first-order valence-electron chi connectivity index (χ1n) is 11.7. The molecule has 0 unspecified atom stereocenters. The average molecular weight is 455 g/mol. The number of aliphatic hydroxyl groups is 2. The molecule has 2 aliphatic rings. The standard InChI is InChI=1S/C26H34N2O5/c1-17-24(14-28-12-4-7-23(28)16-30)32-26(21-5-3-6-22(13-21)27-18(2)31)33-25(17)20-10-8-19(15-29)9-11-20/h3,5-6,8-11,13,17,23-26,29-30H,4,7,12,14-16H2,1-2H3,(H,27,31)/t17-,23-,24+,25+,26+/m0/s1. The summed E-state index contributed by atoms with van der Waals surface area (Å²) in [6, 6.07) is 15.6. The van der Waals surface area contributed by atoms with E-state index in [1.165, 1.54) is 6.92 Å². The highest BCUT2D eigenvalue weighted by atomic mass is 16.7. The van der Waals surface area contributed by atoms with Gasteiger partial charge in [0.25, 0.3) is 0 Å². The number of hydrogen-bond donors (Lipinski definition) is 3. The van der Waals surface area contributed by atoms with E-state index in [0.29, 0.717) is 5.69 Å². The summed E-state index contributed by atoms with van der Waals surface area (Å²) in [6.07, 6.45) is 1.21. The van der Waals surface area contributed by atoms with Crippen molar-refractivity contribution in [1.82, 2.24) is 4.90 Å². The number of anilines is 1. The largest absolute Gasteiger partial charge is 0.395 e. The molecule has 0 aromatic heterocycles. The Morgan fingerprint density at radius 2 is 1.91 bits per heavy atom. The van der Waals surface area contributed by atoms with Crippen LogP contribution < -0.4 is 5.32 Å². The van der Waals surface area contributed by atoms with Gasteiger partial charge in [-0.25, -0.2) is 0 Å². The molecule has 7 nitrogen and oxygen atoms in total. The maximum atomic E-state index is 11.5. The van der Waals surface area contributed by atoms with Gasteiger partial charge in [0, 0.05) is 36.7 Å². The van der Waals surface area contributed by atoms with Crippen LogP contribution in [0.3, 0.4) is 0 Å². The minimum absolute atomic E-state index is 0.00314. The third-order valence-electron chi connectivity index (χ3n) is 6.73. The van der Waals surface area contributed by atoms with Gasteiger partial charge in [-0.15, -0.1) is 0 Å². The molecular weight excluding hydrogens is 420 g/mol. The van der Waals surface area contributed by atoms with E-state index in [1.807, 2.05) is 48.5 Å². The van der Waals surface area contributed by atoms with Crippen LogP contribution in [-0.2, 0) is 20.9 Å². The van der Waals surface area contributed by atoms with Gasteiger partial charge in [0.2, 0.25) is 5.91 Å². The molecule has 0 radical (unpaired) electrons. The molecule has 2 aromatic rings. The third-order valence-corrected chi connectivity index (χ3v) is 6.73. The Morgan fingerprint density at radius 1 is 1.12 bits per heavy atom. The minimum Gasteiger partial charge on any atom is -0.395 e. The number of carbonyl (C=O) groups is 1. The molecule has 2 heterocycles. The monoisotopic (exact) mass is 454 g/mol. The van der Waals surface area contributed by atoms with Crippen LogP contribution in [0.2, 0.25) is 0 Å². The van der Waals surface area contributed by atoms with Crippen LogP contribution in [0.5, 0.6) is 0 Å². The van der Waals surface area contributed by atoms with Crippen molar-refractivity contribution >= 4 is 11.6 Å². The zero-order valence-electron chi connectivity index (χ0n) is 19.3. The van der Waals surface area contributed by atoms with Crippen molar-refractivity contribution in [3.8, 4) is 0 Å². The number of nitrogens with one attached hydrogen (secondary N) is 1. The van der Waals surface area contributed by atoms with Gasteiger partial charge in [-0.1, -0.05) is 43.3 Å². The lowest BCUT2D eigenvalue weighted by Crippen LogP contribution is -2.46. The molecule has 0 saturated carbocycles. The fraction of sp³-hybridized carbons (Fsp3) is 0.500. The molecule has 0 bridgehead atoms. The zero-order chi connectivity index (χ0) is 23.4. The van der Waals surface area contributed by atoms with Crippen LogP contribution in [0.4, 0.5) is 5.69 Å². The van der Waals surface area contributed by atoms with Gasteiger partial charge in [-0.3, -0.25) is 9.69 Å². The van der Waals surface area contributed by atoms with E-state index in [2.05, 4.69) is 17.1 Å². The second kappa shape index (κ2) is 10.8. The van der Waals surface area contributed by atoms with Gasteiger partial charge in [0.1, 0.15) is 0 Å². The van der Waals surface area contributed by atoms with Crippen molar-refractivity contribution in [2.45, 2.75) is 57.8 Å². The van der Waals surface area contributed by atoms with E-state index in [9.17, 15) is 15.0 Å². The number of nitrogens with zero attached hydrogens (tertiary/aromatic N) is 1. The molecule has 3 N–H and O–H groups in total. The first-order valence-corrected chi connectivity index (χ1v) is 11.7. The number of amides is 1. The van der Waals surface area contributed by atoms with Crippen LogP contribution in [0.15, 0.2) is 48.5 Å². The highest BCUT2D eigenvalue weighted by Crippen LogP contribution is 2.42. The predicted molar refractivity (Wildman–Crippen MR) is 125 cm³/mol. The summed E-state index contributed by atoms with van der Waals surface area (Å²) in [6.45, 7) is 5.47. The van der Waals surface area contributed by atoms with E-state index in [-0.39, 0.29) is 43.3 Å². The summed E-state index contributed by atoms with van der Waals surface area (Å²) in [5.74, 6) is -0.0465. The van der Waals surface area contributed by atoms with E-state index >= 15 is 0 Å². The first kappa shape index (κ1) is 23.9. The lowest BCUT2D eigenvalue weighted by molar-refractivity contribution is -0.276. The molecular formula is C26H34N2O5. The van der Waals surface area contributed by atoms with Crippen molar-refractivity contribution in [2.75, 3.05) is 25.0 Å². The Morgan fingerprint density at radius 3 is 2.61 bits per heavy atom. The zero-order valence-corrected chi connectivity index (χ0v) is 19.3. The molecule has 4 rings (SSSR count). The van der Waals surface area contributed by atoms with Crippen LogP contribution in [0.1, 0.15) is 55.8 Å². The van der Waals surface area contributed by atoms with Gasteiger partial charge >= 0.3 is 0 Å². The number of aliphatic hydroxyl groups excluding tert-OH is 2. The Bertz CT molecular complexity index is 935. The lowest BCUT2D eigenvalue weighted by atomic mass is 9.90. The van der Waals surface area contributed by atoms with Crippen molar-refractivity contribution in [3.05, 3.63) is 65.2 Å². The molecule has 178 valence electrons. The molecule has 2 fully saturated rings. The number of rotatable bonds is 7. The fourth-order valence-electron chi connectivity index (χ4n) is 4.87. The molecule has 2 saturated heterocycles. The van der Waals surface area contributed by atoms with E-state index in [4.69, 9.17) is 9.47 Å². The Balaban J connectivity index is 1.61. The summed E-state index contributed by atoms with van der Waals surface area (Å²) >= 11 is 0. The second-order valence-electron chi connectivity index (χ2n) is 9.10. The van der Waals surface area contributed by atoms with Crippen LogP contribution >= 0.6 is 0 Å². The van der Waals surface area contributed by atoms with E-state index < -0.39 is 6.29 Å². The van der Waals surface area contributed by atoms with E-state index in [0.717, 1.165) is 42.6 Å². The third kappa shape index (κ3) is 5.62. The minimum atomic E-state index is -0.586. The summed E-state index contributed by atoms with van der Waals surface area (Å²) < 4.78 is 13.0. The number of carbonyl (C=O) groups excluding carboxylic acids is 1. The van der Waals surface area contributed by atoms with Crippen molar-refractivity contribution in [2.24, 2.45) is 5.92 Å². The Hall–Kier alpha value is -2.29. The van der Waals surface area contributed by atoms with Gasteiger partial charge in [-0.2, -0.15) is 0 Å². The average Bonchev–Trinajstić information content (AvgIpc) is 3.27. The highest BCUT2D eigenvalue weighted by molar-refractivity contribution is 5.88. The summed E-state index contributed by atoms with van der Waals surface area (Å²) in [7, 11) is 0. The molecule has 2 aliphatic heterocycles. The molecule has 0 spiro atoms. The fourth-order valence-corrected chi connectivity index (χ4v) is 4.87. The Kier molecular flexibility index (Phi) is 7.78. The number of ether oxygens (including phenoxy) is 2. The van der Waals surface area contributed by atoms with Crippen molar-refractivity contribution in [3.63, 3.8) is 0 Å². The summed E-state index contributed by atoms with van der Waals surface area (Å²) in [4.78, 5) is 13.8. The van der Waals surface area contributed by atoms with Gasteiger partial charge in [0.15, 0.2) is 6.29 Å². The van der Waals surface area contributed by atoms with Gasteiger partial charge in [0.05, 0.1) is 25.4 Å². The SMILES string of the molecule is CC(=O)Nc1cccc([C@@H]2O[C@H](CN3CCC[C@H]3CO)[C@H](C)[C@H](c3ccc(CO)cc3)O2)c1. The van der Waals surface area contributed by atoms with E-state index in [1.54, 1.807) is 0 Å². The topological polar surface area (TPSA) is 91.3 Å². The molecule has 2 aromatic carbocycles. The smallest absolute Gasteiger partial charge is 0.221 e. The maximum absolute atomic E-state index is 11.5. The Labute approximate surface area is 195 Å². The molecule has 0 aliphatic carbocycles. The molecule has 1 amide bonds. The summed E-state index contributed by atoms with van der Waals surface area (Å²) in [5.41, 5.74) is 3.44. The van der Waals surface area contributed by atoms with Gasteiger partial charge in [-0.05, 0) is 42.6 Å².